The molecule has 0 N–H and O–H groups in total. The zero-order valence-electron chi connectivity index (χ0n) is 7.14. The zero-order valence-corrected chi connectivity index (χ0v) is 7.95. The SMILES string of the molecule is CCc1nnc(-c2cccnn2)s1. The normalized spacial score (nSPS) is 10.2. The van der Waals surface area contributed by atoms with E-state index in [4.69, 9.17) is 0 Å². The van der Waals surface area contributed by atoms with E-state index in [2.05, 4.69) is 27.3 Å². The first-order valence-corrected chi connectivity index (χ1v) is 4.82. The standard InChI is InChI=1S/C8H8N4S/c1-2-7-11-12-8(13-7)6-4-3-5-9-10-6/h3-5H,2H2,1H3. The topological polar surface area (TPSA) is 51.6 Å². The van der Waals surface area contributed by atoms with Crippen LogP contribution in [-0.2, 0) is 6.42 Å². The molecular formula is C8H8N4S. The van der Waals surface area contributed by atoms with Crippen molar-refractivity contribution in [2.45, 2.75) is 13.3 Å². The summed E-state index contributed by atoms with van der Waals surface area (Å²) in [5.74, 6) is 0. The highest BCUT2D eigenvalue weighted by Crippen LogP contribution is 2.20. The molecule has 0 unspecified atom stereocenters. The number of nitrogens with zero attached hydrogens (tertiary/aromatic N) is 4. The monoisotopic (exact) mass is 192 g/mol. The Morgan fingerprint density at radius 1 is 1.31 bits per heavy atom. The number of hydrogen-bond donors (Lipinski definition) is 0. The molecule has 0 aliphatic rings. The molecule has 0 spiro atoms. The van der Waals surface area contributed by atoms with Crippen LogP contribution in [-0.4, -0.2) is 20.4 Å². The van der Waals surface area contributed by atoms with Crippen molar-refractivity contribution in [1.29, 1.82) is 0 Å². The molecule has 0 amide bonds. The largest absolute Gasteiger partial charge is 0.168 e. The molecular weight excluding hydrogens is 184 g/mol. The highest BCUT2D eigenvalue weighted by atomic mass is 32.1. The quantitative estimate of drug-likeness (QED) is 0.724. The van der Waals surface area contributed by atoms with E-state index >= 15 is 0 Å². The molecule has 0 bridgehead atoms. The number of aromatic nitrogens is 4. The van der Waals surface area contributed by atoms with Crippen LogP contribution < -0.4 is 0 Å². The van der Waals surface area contributed by atoms with Gasteiger partial charge in [0.2, 0.25) is 0 Å². The molecule has 0 atom stereocenters. The van der Waals surface area contributed by atoms with Gasteiger partial charge >= 0.3 is 0 Å². The lowest BCUT2D eigenvalue weighted by molar-refractivity contribution is 0.973. The summed E-state index contributed by atoms with van der Waals surface area (Å²) in [6.45, 7) is 2.06. The molecule has 66 valence electrons. The number of rotatable bonds is 2. The average molecular weight is 192 g/mol. The first-order valence-electron chi connectivity index (χ1n) is 4.00. The van der Waals surface area contributed by atoms with E-state index in [1.165, 1.54) is 0 Å². The van der Waals surface area contributed by atoms with Crippen molar-refractivity contribution >= 4 is 11.3 Å². The van der Waals surface area contributed by atoms with Gasteiger partial charge in [0.05, 0.1) is 0 Å². The van der Waals surface area contributed by atoms with E-state index in [1.807, 2.05) is 12.1 Å². The van der Waals surface area contributed by atoms with Gasteiger partial charge in [-0.1, -0.05) is 18.3 Å². The van der Waals surface area contributed by atoms with E-state index in [-0.39, 0.29) is 0 Å². The van der Waals surface area contributed by atoms with Crippen LogP contribution in [0.3, 0.4) is 0 Å². The summed E-state index contributed by atoms with van der Waals surface area (Å²) in [4.78, 5) is 0. The summed E-state index contributed by atoms with van der Waals surface area (Å²) >= 11 is 1.56. The van der Waals surface area contributed by atoms with Crippen molar-refractivity contribution in [3.63, 3.8) is 0 Å². The number of hydrogen-bond acceptors (Lipinski definition) is 5. The van der Waals surface area contributed by atoms with Crippen molar-refractivity contribution in [2.75, 3.05) is 0 Å². The number of aryl methyl sites for hydroxylation is 1. The molecule has 0 aliphatic carbocycles. The van der Waals surface area contributed by atoms with Crippen molar-refractivity contribution < 1.29 is 0 Å². The second-order valence-corrected chi connectivity index (χ2v) is 3.53. The molecule has 0 aromatic carbocycles. The molecule has 2 aromatic rings. The molecule has 2 rings (SSSR count). The highest BCUT2D eigenvalue weighted by molar-refractivity contribution is 7.14. The van der Waals surface area contributed by atoms with Crippen LogP contribution in [0.2, 0.25) is 0 Å². The van der Waals surface area contributed by atoms with Crippen molar-refractivity contribution in [3.8, 4) is 10.7 Å². The highest BCUT2D eigenvalue weighted by Gasteiger charge is 2.05. The molecule has 2 aromatic heterocycles. The van der Waals surface area contributed by atoms with Crippen LogP contribution in [0.15, 0.2) is 18.3 Å². The average Bonchev–Trinajstić information content (AvgIpc) is 2.67. The summed E-state index contributed by atoms with van der Waals surface area (Å²) in [6.07, 6.45) is 2.56. The van der Waals surface area contributed by atoms with Crippen LogP contribution >= 0.6 is 11.3 Å². The Labute approximate surface area is 79.7 Å². The third-order valence-electron chi connectivity index (χ3n) is 1.56. The van der Waals surface area contributed by atoms with Gasteiger partial charge in [0.15, 0.2) is 5.01 Å². The van der Waals surface area contributed by atoms with E-state index in [9.17, 15) is 0 Å². The maximum absolute atomic E-state index is 4.02. The smallest absolute Gasteiger partial charge is 0.158 e. The minimum Gasteiger partial charge on any atom is -0.158 e. The third kappa shape index (κ3) is 1.70. The summed E-state index contributed by atoms with van der Waals surface area (Å²) in [5.41, 5.74) is 0.791. The minimum atomic E-state index is 0.791. The van der Waals surface area contributed by atoms with Crippen molar-refractivity contribution in [3.05, 3.63) is 23.3 Å². The van der Waals surface area contributed by atoms with Gasteiger partial charge in [0.25, 0.3) is 0 Å². The van der Waals surface area contributed by atoms with Crippen LogP contribution in [0.5, 0.6) is 0 Å². The molecule has 4 nitrogen and oxygen atoms in total. The van der Waals surface area contributed by atoms with Gasteiger partial charge in [-0.2, -0.15) is 5.10 Å². The van der Waals surface area contributed by atoms with Crippen LogP contribution in [0, 0.1) is 0 Å². The Kier molecular flexibility index (Phi) is 2.27. The predicted molar refractivity (Wildman–Crippen MR) is 50.3 cm³/mol. The fourth-order valence-electron chi connectivity index (χ4n) is 0.916. The zero-order chi connectivity index (χ0) is 9.10. The van der Waals surface area contributed by atoms with Gasteiger partial charge in [-0.05, 0) is 18.6 Å². The van der Waals surface area contributed by atoms with Crippen LogP contribution in [0.25, 0.3) is 10.7 Å². The third-order valence-corrected chi connectivity index (χ3v) is 2.65. The Bertz CT molecular complexity index is 384. The Morgan fingerprint density at radius 3 is 2.85 bits per heavy atom. The molecule has 2 heterocycles. The maximum atomic E-state index is 4.02. The van der Waals surface area contributed by atoms with Gasteiger partial charge < -0.3 is 0 Å². The molecule has 5 heteroatoms. The molecule has 0 saturated carbocycles. The van der Waals surface area contributed by atoms with E-state index in [1.54, 1.807) is 17.5 Å². The predicted octanol–water partition coefficient (Wildman–Crippen LogP) is 1.56. The maximum Gasteiger partial charge on any atom is 0.168 e. The van der Waals surface area contributed by atoms with Gasteiger partial charge in [0.1, 0.15) is 10.7 Å². The van der Waals surface area contributed by atoms with Crippen molar-refractivity contribution in [2.24, 2.45) is 0 Å². The molecule has 0 aliphatic heterocycles. The van der Waals surface area contributed by atoms with E-state index in [0.717, 1.165) is 22.1 Å². The molecule has 0 saturated heterocycles. The van der Waals surface area contributed by atoms with Gasteiger partial charge in [-0.25, -0.2) is 0 Å². The molecule has 13 heavy (non-hydrogen) atoms. The second-order valence-electron chi connectivity index (χ2n) is 2.46. The lowest BCUT2D eigenvalue weighted by Gasteiger charge is -1.88. The molecule has 0 radical (unpaired) electrons. The van der Waals surface area contributed by atoms with Crippen LogP contribution in [0.4, 0.5) is 0 Å². The van der Waals surface area contributed by atoms with Crippen molar-refractivity contribution in [1.82, 2.24) is 20.4 Å². The summed E-state index contributed by atoms with van der Waals surface area (Å²) in [5, 5.41) is 17.6. The van der Waals surface area contributed by atoms with Gasteiger partial charge in [-0.15, -0.1) is 15.3 Å². The fraction of sp³-hybridized carbons (Fsp3) is 0.250. The lowest BCUT2D eigenvalue weighted by Crippen LogP contribution is -1.84. The lowest BCUT2D eigenvalue weighted by atomic mass is 10.4. The first-order chi connectivity index (χ1) is 6.40. The van der Waals surface area contributed by atoms with Gasteiger partial charge in [-0.3, -0.25) is 0 Å². The Balaban J connectivity index is 2.36. The summed E-state index contributed by atoms with van der Waals surface area (Å²) in [6, 6.07) is 3.72. The van der Waals surface area contributed by atoms with Gasteiger partial charge in [0, 0.05) is 6.20 Å². The summed E-state index contributed by atoms with van der Waals surface area (Å²) in [7, 11) is 0. The second kappa shape index (κ2) is 3.57. The Morgan fingerprint density at radius 2 is 2.23 bits per heavy atom. The Hall–Kier alpha value is -1.36. The fourth-order valence-corrected chi connectivity index (χ4v) is 1.66. The van der Waals surface area contributed by atoms with E-state index in [0.29, 0.717) is 0 Å². The van der Waals surface area contributed by atoms with E-state index < -0.39 is 0 Å². The first kappa shape index (κ1) is 8.25. The molecule has 0 fully saturated rings. The minimum absolute atomic E-state index is 0.791. The summed E-state index contributed by atoms with van der Waals surface area (Å²) < 4.78 is 0. The van der Waals surface area contributed by atoms with Crippen LogP contribution in [0.1, 0.15) is 11.9 Å².